The standard InChI is InChI=1S/C26H32N4O6/c1-26(2,3)36-25(34)28-19(9-11-27)15-10-12-29(13-15)20-8-7-17-21(23(20)35-4)30(16-5-6-16)14-18(22(17)31)24(32)33/h7-8,14-16,19H,5-6,9-10,12-13H2,1-4H3,(H,28,34)(H,32,33). The van der Waals surface area contributed by atoms with E-state index in [0.29, 0.717) is 29.7 Å². The lowest BCUT2D eigenvalue weighted by Gasteiger charge is -2.27. The van der Waals surface area contributed by atoms with E-state index >= 15 is 0 Å². The van der Waals surface area contributed by atoms with E-state index in [1.54, 1.807) is 40.0 Å². The third-order valence-corrected chi connectivity index (χ3v) is 6.65. The van der Waals surface area contributed by atoms with E-state index in [1.807, 2.05) is 4.57 Å². The van der Waals surface area contributed by atoms with Crippen molar-refractivity contribution in [1.82, 2.24) is 9.88 Å². The molecule has 1 saturated heterocycles. The number of amides is 1. The van der Waals surface area contributed by atoms with Crippen LogP contribution in [0.5, 0.6) is 5.75 Å². The van der Waals surface area contributed by atoms with Crippen LogP contribution in [0.4, 0.5) is 10.5 Å². The van der Waals surface area contributed by atoms with Gasteiger partial charge in [-0.05, 0) is 58.1 Å². The third kappa shape index (κ3) is 5.10. The van der Waals surface area contributed by atoms with Gasteiger partial charge in [0.15, 0.2) is 5.75 Å². The zero-order valence-electron chi connectivity index (χ0n) is 21.0. The monoisotopic (exact) mass is 496 g/mol. The Hall–Kier alpha value is -3.74. The zero-order chi connectivity index (χ0) is 26.2. The van der Waals surface area contributed by atoms with Crippen LogP contribution in [0, 0.1) is 17.2 Å². The predicted molar refractivity (Wildman–Crippen MR) is 134 cm³/mol. The summed E-state index contributed by atoms with van der Waals surface area (Å²) < 4.78 is 13.1. The number of carboxylic acid groups (broad SMARTS) is 1. The first-order valence-electron chi connectivity index (χ1n) is 12.1. The van der Waals surface area contributed by atoms with Gasteiger partial charge >= 0.3 is 12.1 Å². The molecule has 2 atom stereocenters. The largest absolute Gasteiger partial charge is 0.492 e. The number of ether oxygens (including phenoxy) is 2. The highest BCUT2D eigenvalue weighted by atomic mass is 16.6. The Morgan fingerprint density at radius 2 is 2.00 bits per heavy atom. The molecule has 4 rings (SSSR count). The predicted octanol–water partition coefficient (Wildman–Crippen LogP) is 3.68. The highest BCUT2D eigenvalue weighted by Crippen LogP contribution is 2.43. The number of benzene rings is 1. The number of aromatic nitrogens is 1. The van der Waals surface area contributed by atoms with E-state index in [2.05, 4.69) is 16.3 Å². The molecule has 1 amide bonds. The maximum Gasteiger partial charge on any atom is 0.407 e. The Morgan fingerprint density at radius 1 is 1.28 bits per heavy atom. The topological polar surface area (TPSA) is 134 Å². The van der Waals surface area contributed by atoms with Gasteiger partial charge < -0.3 is 29.4 Å². The molecule has 1 aliphatic heterocycles. The number of methoxy groups -OCH3 is 1. The Morgan fingerprint density at radius 3 is 2.58 bits per heavy atom. The summed E-state index contributed by atoms with van der Waals surface area (Å²) in [5.74, 6) is -0.716. The van der Waals surface area contributed by atoms with Crippen molar-refractivity contribution in [3.8, 4) is 11.8 Å². The molecule has 10 heteroatoms. The van der Waals surface area contributed by atoms with E-state index < -0.39 is 23.1 Å². The number of carboxylic acids is 1. The van der Waals surface area contributed by atoms with Crippen LogP contribution in [0.15, 0.2) is 23.1 Å². The molecule has 10 nitrogen and oxygen atoms in total. The molecular formula is C26H32N4O6. The van der Waals surface area contributed by atoms with Crippen molar-refractivity contribution in [3.05, 3.63) is 34.1 Å². The summed E-state index contributed by atoms with van der Waals surface area (Å²) in [6.07, 6.45) is 3.59. The number of hydrogen-bond donors (Lipinski definition) is 2. The number of carbonyl (C=O) groups is 2. The maximum absolute atomic E-state index is 12.9. The summed E-state index contributed by atoms with van der Waals surface area (Å²) in [5.41, 5.74) is -0.0415. The summed E-state index contributed by atoms with van der Waals surface area (Å²) in [4.78, 5) is 39.1. The second-order valence-electron chi connectivity index (χ2n) is 10.4. The molecule has 192 valence electrons. The molecule has 2 aliphatic rings. The van der Waals surface area contributed by atoms with Crippen LogP contribution in [0.2, 0.25) is 0 Å². The van der Waals surface area contributed by atoms with Gasteiger partial charge in [-0.1, -0.05) is 0 Å². The second kappa shape index (κ2) is 9.72. The normalized spacial score (nSPS) is 18.5. The SMILES string of the molecule is COc1c(N2CCC(C(CC#N)NC(=O)OC(C)(C)C)C2)ccc2c(=O)c(C(=O)O)cn(C3CC3)c12. The van der Waals surface area contributed by atoms with Crippen LogP contribution in [0.25, 0.3) is 10.9 Å². The summed E-state index contributed by atoms with van der Waals surface area (Å²) in [7, 11) is 1.54. The molecule has 2 unspecified atom stereocenters. The van der Waals surface area contributed by atoms with Crippen LogP contribution < -0.4 is 20.4 Å². The molecule has 1 saturated carbocycles. The number of aromatic carboxylic acids is 1. The molecule has 2 aromatic rings. The van der Waals surface area contributed by atoms with Crippen LogP contribution in [-0.2, 0) is 4.74 Å². The molecule has 0 bridgehead atoms. The molecule has 2 N–H and O–H groups in total. The minimum absolute atomic E-state index is 0.0117. The molecule has 1 aromatic carbocycles. The van der Waals surface area contributed by atoms with Gasteiger partial charge in [-0.3, -0.25) is 4.79 Å². The molecule has 36 heavy (non-hydrogen) atoms. The van der Waals surface area contributed by atoms with Crippen molar-refractivity contribution in [1.29, 1.82) is 5.26 Å². The van der Waals surface area contributed by atoms with E-state index in [0.717, 1.165) is 24.9 Å². The van der Waals surface area contributed by atoms with Crippen molar-refractivity contribution < 1.29 is 24.2 Å². The quantitative estimate of drug-likeness (QED) is 0.593. The van der Waals surface area contributed by atoms with Crippen LogP contribution in [0.1, 0.15) is 62.9 Å². The lowest BCUT2D eigenvalue weighted by Crippen LogP contribution is -2.43. The molecule has 1 aliphatic carbocycles. The highest BCUT2D eigenvalue weighted by Gasteiger charge is 2.34. The molecule has 0 spiro atoms. The Kier molecular flexibility index (Phi) is 6.85. The molecule has 0 radical (unpaired) electrons. The highest BCUT2D eigenvalue weighted by molar-refractivity contribution is 5.97. The average Bonchev–Trinajstić information content (AvgIpc) is 3.52. The van der Waals surface area contributed by atoms with Gasteiger partial charge in [0.1, 0.15) is 11.2 Å². The smallest absolute Gasteiger partial charge is 0.407 e. The number of alkyl carbamates (subject to hydrolysis) is 1. The van der Waals surface area contributed by atoms with Crippen molar-refractivity contribution in [2.75, 3.05) is 25.1 Å². The van der Waals surface area contributed by atoms with E-state index in [-0.39, 0.29) is 30.0 Å². The second-order valence-corrected chi connectivity index (χ2v) is 10.4. The maximum atomic E-state index is 12.9. The average molecular weight is 497 g/mol. The summed E-state index contributed by atoms with van der Waals surface area (Å²) >= 11 is 0. The lowest BCUT2D eigenvalue weighted by molar-refractivity contribution is 0.0489. The van der Waals surface area contributed by atoms with Gasteiger partial charge in [-0.25, -0.2) is 9.59 Å². The van der Waals surface area contributed by atoms with Crippen LogP contribution in [-0.4, -0.2) is 53.6 Å². The number of pyridine rings is 1. The van der Waals surface area contributed by atoms with E-state index in [9.17, 15) is 24.8 Å². The van der Waals surface area contributed by atoms with Gasteiger partial charge in [-0.2, -0.15) is 5.26 Å². The van der Waals surface area contributed by atoms with Crippen molar-refractivity contribution >= 4 is 28.7 Å². The number of anilines is 1. The minimum Gasteiger partial charge on any atom is -0.492 e. The summed E-state index contributed by atoms with van der Waals surface area (Å²) in [6.45, 7) is 6.61. The van der Waals surface area contributed by atoms with Gasteiger partial charge in [-0.15, -0.1) is 0 Å². The summed E-state index contributed by atoms with van der Waals surface area (Å²) in [6, 6.07) is 5.37. The zero-order valence-corrected chi connectivity index (χ0v) is 21.0. The number of rotatable bonds is 7. The van der Waals surface area contributed by atoms with Gasteiger partial charge in [0.05, 0.1) is 36.2 Å². The van der Waals surface area contributed by atoms with Crippen LogP contribution >= 0.6 is 0 Å². The minimum atomic E-state index is -1.25. The first kappa shape index (κ1) is 25.4. The van der Waals surface area contributed by atoms with Gasteiger partial charge in [0, 0.05) is 31.4 Å². The molecule has 1 aromatic heterocycles. The fraction of sp³-hybridized carbons (Fsp3) is 0.538. The third-order valence-electron chi connectivity index (χ3n) is 6.65. The number of carbonyl (C=O) groups excluding carboxylic acids is 1. The number of fused-ring (bicyclic) bond motifs is 1. The lowest BCUT2D eigenvalue weighted by atomic mass is 9.96. The fourth-order valence-corrected chi connectivity index (χ4v) is 4.88. The summed E-state index contributed by atoms with van der Waals surface area (Å²) in [5, 5.41) is 22.1. The number of hydrogen-bond acceptors (Lipinski definition) is 7. The van der Waals surface area contributed by atoms with Gasteiger partial charge in [0.2, 0.25) is 5.43 Å². The molecule has 2 fully saturated rings. The van der Waals surface area contributed by atoms with Crippen molar-refractivity contribution in [2.45, 2.75) is 64.1 Å². The van der Waals surface area contributed by atoms with Crippen LogP contribution in [0.3, 0.4) is 0 Å². The first-order chi connectivity index (χ1) is 17.0. The number of nitrogens with zero attached hydrogens (tertiary/aromatic N) is 3. The van der Waals surface area contributed by atoms with E-state index in [1.165, 1.54) is 6.20 Å². The number of nitrogens with one attached hydrogen (secondary N) is 1. The van der Waals surface area contributed by atoms with Gasteiger partial charge in [0.25, 0.3) is 0 Å². The van der Waals surface area contributed by atoms with Crippen molar-refractivity contribution in [2.24, 2.45) is 5.92 Å². The number of nitriles is 1. The first-order valence-corrected chi connectivity index (χ1v) is 12.1. The Labute approximate surface area is 209 Å². The Balaban J connectivity index is 1.66. The van der Waals surface area contributed by atoms with Crippen molar-refractivity contribution in [3.63, 3.8) is 0 Å². The van der Waals surface area contributed by atoms with E-state index in [4.69, 9.17) is 9.47 Å². The molecular weight excluding hydrogens is 464 g/mol. The molecule has 2 heterocycles. The fourth-order valence-electron chi connectivity index (χ4n) is 4.88. The Bertz CT molecular complexity index is 1280.